The number of hydrogen-bond donors (Lipinski definition) is 1. The lowest BCUT2D eigenvalue weighted by atomic mass is 9.49. The molecule has 7 heteroatoms. The van der Waals surface area contributed by atoms with Gasteiger partial charge in [-0.3, -0.25) is 14.4 Å². The van der Waals surface area contributed by atoms with Crippen LogP contribution in [0, 0.1) is 29.1 Å². The first-order valence-electron chi connectivity index (χ1n) is 16.5. The van der Waals surface area contributed by atoms with E-state index in [0.717, 1.165) is 49.9 Å². The van der Waals surface area contributed by atoms with Gasteiger partial charge in [0.2, 0.25) is 0 Å². The molecular formula is C33H56O7. The summed E-state index contributed by atoms with van der Waals surface area (Å²) in [6.45, 7) is 2.70. The maximum absolute atomic E-state index is 12.6. The summed E-state index contributed by atoms with van der Waals surface area (Å²) in [6, 6.07) is 0. The molecule has 0 heterocycles. The van der Waals surface area contributed by atoms with E-state index in [9.17, 15) is 19.5 Å². The van der Waals surface area contributed by atoms with Crippen molar-refractivity contribution < 1.29 is 33.7 Å². The van der Waals surface area contributed by atoms with Crippen LogP contribution in [0.5, 0.6) is 0 Å². The Morgan fingerprint density at radius 3 is 1.70 bits per heavy atom. The van der Waals surface area contributed by atoms with Gasteiger partial charge in [0, 0.05) is 12.8 Å². The molecule has 7 nitrogen and oxygen atoms in total. The maximum atomic E-state index is 12.6. The van der Waals surface area contributed by atoms with E-state index in [-0.39, 0.29) is 43.1 Å². The van der Waals surface area contributed by atoms with Gasteiger partial charge in [-0.25, -0.2) is 0 Å². The van der Waals surface area contributed by atoms with Crippen LogP contribution < -0.4 is 0 Å². The maximum Gasteiger partial charge on any atom is 0.306 e. The highest BCUT2D eigenvalue weighted by Gasteiger charge is 2.51. The lowest BCUT2D eigenvalue weighted by molar-refractivity contribution is -0.155. The minimum atomic E-state index is -0.392. The molecule has 1 atom stereocenters. The first kappa shape index (κ1) is 32.9. The number of carbonyl (C=O) groups excluding carboxylic acids is 3. The summed E-state index contributed by atoms with van der Waals surface area (Å²) in [5, 5.41) is 9.67. The van der Waals surface area contributed by atoms with E-state index >= 15 is 0 Å². The highest BCUT2D eigenvalue weighted by Crippen LogP contribution is 2.61. The van der Waals surface area contributed by atoms with Crippen molar-refractivity contribution in [1.82, 2.24) is 0 Å². The second kappa shape index (κ2) is 18.0. The molecule has 0 aromatic rings. The molecule has 4 saturated carbocycles. The summed E-state index contributed by atoms with van der Waals surface area (Å²) in [5.74, 6) is 1.40. The van der Waals surface area contributed by atoms with Crippen LogP contribution in [0.1, 0.15) is 135 Å². The number of esters is 3. The average Bonchev–Trinajstić information content (AvgIpc) is 2.91. The largest absolute Gasteiger partial charge is 0.466 e. The minimum absolute atomic E-state index is 0.0601. The van der Waals surface area contributed by atoms with E-state index < -0.39 is 5.92 Å². The summed E-state index contributed by atoms with van der Waals surface area (Å²) in [7, 11) is 0. The number of aliphatic hydroxyl groups excluding tert-OH is 1. The normalized spacial score (nSPS) is 25.5. The standard InChI is InChI=1S/C33H56O7/c1-2-3-4-5-6-9-12-15-38-30(35)13-10-7-8-11-14-31(36)39-24-29(23-34)25-40-32(37)22-33-19-26-16-27(20-33)18-28(17-26)21-33/h26-29,34H,2-25H2,1H3. The van der Waals surface area contributed by atoms with Gasteiger partial charge in [-0.1, -0.05) is 58.3 Å². The molecule has 0 radical (unpaired) electrons. The molecule has 4 rings (SSSR count). The first-order chi connectivity index (χ1) is 19.4. The predicted molar refractivity (Wildman–Crippen MR) is 154 cm³/mol. The topological polar surface area (TPSA) is 99.1 Å². The number of rotatable bonds is 22. The molecule has 1 N–H and O–H groups in total. The van der Waals surface area contributed by atoms with Crippen LogP contribution in [-0.4, -0.2) is 49.4 Å². The summed E-state index contributed by atoms with van der Waals surface area (Å²) in [4.78, 5) is 36.6. The van der Waals surface area contributed by atoms with Gasteiger partial charge in [-0.15, -0.1) is 0 Å². The molecule has 0 saturated heterocycles. The second-order valence-electron chi connectivity index (χ2n) is 13.3. The van der Waals surface area contributed by atoms with Crippen LogP contribution in [0.2, 0.25) is 0 Å². The monoisotopic (exact) mass is 564 g/mol. The van der Waals surface area contributed by atoms with Gasteiger partial charge < -0.3 is 19.3 Å². The Morgan fingerprint density at radius 2 is 1.15 bits per heavy atom. The van der Waals surface area contributed by atoms with Crippen molar-refractivity contribution in [2.75, 3.05) is 26.4 Å². The van der Waals surface area contributed by atoms with Crippen molar-refractivity contribution in [2.24, 2.45) is 29.1 Å². The average molecular weight is 565 g/mol. The highest BCUT2D eigenvalue weighted by molar-refractivity contribution is 5.70. The van der Waals surface area contributed by atoms with Crippen molar-refractivity contribution in [3.05, 3.63) is 0 Å². The summed E-state index contributed by atoms with van der Waals surface area (Å²) in [6.07, 6.45) is 20.4. The van der Waals surface area contributed by atoms with Crippen LogP contribution in [0.3, 0.4) is 0 Å². The zero-order chi connectivity index (χ0) is 28.6. The third-order valence-corrected chi connectivity index (χ3v) is 9.43. The third-order valence-electron chi connectivity index (χ3n) is 9.43. The van der Waals surface area contributed by atoms with Crippen molar-refractivity contribution in [3.8, 4) is 0 Å². The Balaban J connectivity index is 1.14. The molecule has 230 valence electrons. The second-order valence-corrected chi connectivity index (χ2v) is 13.3. The lowest BCUT2D eigenvalue weighted by Crippen LogP contribution is -2.47. The zero-order valence-corrected chi connectivity index (χ0v) is 25.2. The zero-order valence-electron chi connectivity index (χ0n) is 25.2. The Kier molecular flexibility index (Phi) is 14.8. The molecule has 40 heavy (non-hydrogen) atoms. The fourth-order valence-corrected chi connectivity index (χ4v) is 7.72. The molecule has 0 amide bonds. The number of aliphatic hydroxyl groups is 1. The fraction of sp³-hybridized carbons (Fsp3) is 0.909. The summed E-state index contributed by atoms with van der Waals surface area (Å²) < 4.78 is 16.2. The van der Waals surface area contributed by atoms with Gasteiger partial charge >= 0.3 is 17.9 Å². The summed E-state index contributed by atoms with van der Waals surface area (Å²) in [5.41, 5.74) is 0.139. The first-order valence-corrected chi connectivity index (χ1v) is 16.5. The molecule has 0 aliphatic heterocycles. The van der Waals surface area contributed by atoms with E-state index in [1.54, 1.807) is 0 Å². The van der Waals surface area contributed by atoms with Crippen molar-refractivity contribution >= 4 is 17.9 Å². The van der Waals surface area contributed by atoms with Gasteiger partial charge in [0.1, 0.15) is 0 Å². The number of carbonyl (C=O) groups is 3. The number of unbranched alkanes of at least 4 members (excludes halogenated alkanes) is 9. The van der Waals surface area contributed by atoms with Crippen molar-refractivity contribution in [1.29, 1.82) is 0 Å². The number of ether oxygens (including phenoxy) is 3. The Labute approximate surface area is 242 Å². The van der Waals surface area contributed by atoms with Gasteiger partial charge in [0.25, 0.3) is 0 Å². The number of hydrogen-bond acceptors (Lipinski definition) is 7. The van der Waals surface area contributed by atoms with Crippen LogP contribution in [0.15, 0.2) is 0 Å². The van der Waals surface area contributed by atoms with E-state index in [4.69, 9.17) is 14.2 Å². The smallest absolute Gasteiger partial charge is 0.306 e. The van der Waals surface area contributed by atoms with Crippen LogP contribution >= 0.6 is 0 Å². The lowest BCUT2D eigenvalue weighted by Gasteiger charge is -2.56. The fourth-order valence-electron chi connectivity index (χ4n) is 7.72. The van der Waals surface area contributed by atoms with Gasteiger partial charge in [0.15, 0.2) is 0 Å². The molecule has 0 aromatic carbocycles. The van der Waals surface area contributed by atoms with Gasteiger partial charge in [0.05, 0.1) is 38.8 Å². The Hall–Kier alpha value is -1.63. The molecule has 4 bridgehead atoms. The van der Waals surface area contributed by atoms with Gasteiger partial charge in [-0.05, 0) is 81.0 Å². The molecule has 1 unspecified atom stereocenters. The van der Waals surface area contributed by atoms with E-state index in [0.29, 0.717) is 32.3 Å². The van der Waals surface area contributed by atoms with Gasteiger partial charge in [-0.2, -0.15) is 0 Å². The van der Waals surface area contributed by atoms with Crippen molar-refractivity contribution in [2.45, 2.75) is 135 Å². The molecule has 0 aromatic heterocycles. The predicted octanol–water partition coefficient (Wildman–Crippen LogP) is 6.92. The molecular weight excluding hydrogens is 508 g/mol. The Bertz CT molecular complexity index is 729. The van der Waals surface area contributed by atoms with E-state index in [1.165, 1.54) is 70.6 Å². The highest BCUT2D eigenvalue weighted by atomic mass is 16.5. The molecule has 4 fully saturated rings. The SMILES string of the molecule is CCCCCCCCCOC(=O)CCCCCCC(=O)OCC(CO)COC(=O)CC12CC3CC(CC(C3)C1)C2. The quantitative estimate of drug-likeness (QED) is 0.0865. The van der Waals surface area contributed by atoms with Crippen LogP contribution in [-0.2, 0) is 28.6 Å². The molecule has 4 aliphatic rings. The third kappa shape index (κ3) is 12.1. The van der Waals surface area contributed by atoms with Crippen LogP contribution in [0.4, 0.5) is 0 Å². The Morgan fingerprint density at radius 1 is 0.675 bits per heavy atom. The van der Waals surface area contributed by atoms with Crippen LogP contribution in [0.25, 0.3) is 0 Å². The molecule has 0 spiro atoms. The van der Waals surface area contributed by atoms with Crippen molar-refractivity contribution in [3.63, 3.8) is 0 Å². The van der Waals surface area contributed by atoms with E-state index in [2.05, 4.69) is 6.92 Å². The minimum Gasteiger partial charge on any atom is -0.466 e. The summed E-state index contributed by atoms with van der Waals surface area (Å²) >= 11 is 0. The van der Waals surface area contributed by atoms with E-state index in [1.807, 2.05) is 0 Å². The molecule has 4 aliphatic carbocycles.